The van der Waals surface area contributed by atoms with Crippen molar-refractivity contribution in [1.29, 1.82) is 0 Å². The molecule has 1 aromatic rings. The Morgan fingerprint density at radius 2 is 2.06 bits per heavy atom. The topological polar surface area (TPSA) is 66.4 Å². The fraction of sp³-hybridized carbons (Fsp3) is 0.385. The Bertz CT molecular complexity index is 487. The van der Waals surface area contributed by atoms with E-state index >= 15 is 0 Å². The molecule has 4 nitrogen and oxygen atoms in total. The number of hydrogen-bond donors (Lipinski definition) is 2. The summed E-state index contributed by atoms with van der Waals surface area (Å²) >= 11 is 2.15. The second-order valence-corrected chi connectivity index (χ2v) is 5.52. The van der Waals surface area contributed by atoms with Gasteiger partial charge in [-0.15, -0.1) is 0 Å². The molecule has 18 heavy (non-hydrogen) atoms. The van der Waals surface area contributed by atoms with E-state index in [9.17, 15) is 9.59 Å². The van der Waals surface area contributed by atoms with Crippen LogP contribution in [0, 0.1) is 10.5 Å². The van der Waals surface area contributed by atoms with Crippen molar-refractivity contribution < 1.29 is 14.7 Å². The Kier molecular flexibility index (Phi) is 4.72. The number of nitrogens with one attached hydrogen (secondary N) is 1. The summed E-state index contributed by atoms with van der Waals surface area (Å²) in [6, 6.07) is 5.39. The van der Waals surface area contributed by atoms with Crippen LogP contribution >= 0.6 is 22.6 Å². The maximum absolute atomic E-state index is 12.1. The molecule has 2 N–H and O–H groups in total. The summed E-state index contributed by atoms with van der Waals surface area (Å²) in [5.74, 6) is -1.38. The average molecular weight is 361 g/mol. The summed E-state index contributed by atoms with van der Waals surface area (Å²) in [5, 5.41) is 11.7. The standard InChI is InChI=1S/C13H16INO3/c1-4-13(3,12(17)18)15-11(16)9-6-5-7-10(14)8(9)2/h5-7H,4H2,1-3H3,(H,15,16)(H,17,18). The molecule has 5 heteroatoms. The lowest BCUT2D eigenvalue weighted by Gasteiger charge is -2.25. The molecule has 0 aliphatic carbocycles. The Hall–Kier alpha value is -1.11. The molecule has 0 fully saturated rings. The zero-order valence-electron chi connectivity index (χ0n) is 10.6. The highest BCUT2D eigenvalue weighted by Gasteiger charge is 2.33. The van der Waals surface area contributed by atoms with Crippen LogP contribution in [0.5, 0.6) is 0 Å². The van der Waals surface area contributed by atoms with Crippen molar-refractivity contribution in [3.8, 4) is 0 Å². The van der Waals surface area contributed by atoms with E-state index < -0.39 is 11.5 Å². The van der Waals surface area contributed by atoms with Crippen LogP contribution < -0.4 is 5.32 Å². The van der Waals surface area contributed by atoms with Crippen molar-refractivity contribution >= 4 is 34.5 Å². The summed E-state index contributed by atoms with van der Waals surface area (Å²) < 4.78 is 0.980. The van der Waals surface area contributed by atoms with Gasteiger partial charge in [0.25, 0.3) is 5.91 Å². The lowest BCUT2D eigenvalue weighted by atomic mass is 9.98. The van der Waals surface area contributed by atoms with Gasteiger partial charge in [-0.1, -0.05) is 13.0 Å². The minimum absolute atomic E-state index is 0.330. The van der Waals surface area contributed by atoms with Gasteiger partial charge >= 0.3 is 5.97 Å². The fourth-order valence-electron chi connectivity index (χ4n) is 1.46. The van der Waals surface area contributed by atoms with Crippen molar-refractivity contribution in [3.05, 3.63) is 32.9 Å². The number of carboxylic acid groups (broad SMARTS) is 1. The largest absolute Gasteiger partial charge is 0.480 e. The molecule has 1 rings (SSSR count). The van der Waals surface area contributed by atoms with Gasteiger partial charge < -0.3 is 10.4 Å². The molecule has 98 valence electrons. The van der Waals surface area contributed by atoms with Gasteiger partial charge in [0, 0.05) is 9.13 Å². The molecular weight excluding hydrogens is 345 g/mol. The molecule has 0 bridgehead atoms. The van der Waals surface area contributed by atoms with Gasteiger partial charge in [0.05, 0.1) is 0 Å². The number of carboxylic acids is 1. The molecule has 0 heterocycles. The summed E-state index contributed by atoms with van der Waals surface area (Å²) in [7, 11) is 0. The molecule has 1 amide bonds. The highest BCUT2D eigenvalue weighted by Crippen LogP contribution is 2.17. The first-order valence-electron chi connectivity index (χ1n) is 5.63. The first-order chi connectivity index (χ1) is 8.31. The van der Waals surface area contributed by atoms with E-state index in [-0.39, 0.29) is 5.91 Å². The predicted octanol–water partition coefficient (Wildman–Crippen LogP) is 2.58. The Morgan fingerprint density at radius 1 is 1.44 bits per heavy atom. The van der Waals surface area contributed by atoms with E-state index in [2.05, 4.69) is 27.9 Å². The maximum atomic E-state index is 12.1. The monoisotopic (exact) mass is 361 g/mol. The number of rotatable bonds is 4. The highest BCUT2D eigenvalue weighted by atomic mass is 127. The molecule has 0 radical (unpaired) electrons. The van der Waals surface area contributed by atoms with Crippen molar-refractivity contribution in [2.75, 3.05) is 0 Å². The van der Waals surface area contributed by atoms with Crippen molar-refractivity contribution in [1.82, 2.24) is 5.32 Å². The quantitative estimate of drug-likeness (QED) is 0.811. The maximum Gasteiger partial charge on any atom is 0.329 e. The average Bonchev–Trinajstić information content (AvgIpc) is 2.32. The number of amides is 1. The second-order valence-electron chi connectivity index (χ2n) is 4.36. The minimum atomic E-state index is -1.23. The Balaban J connectivity index is 3.02. The van der Waals surface area contributed by atoms with Crippen LogP contribution in [-0.2, 0) is 4.79 Å². The molecule has 0 saturated heterocycles. The Labute approximate surface area is 120 Å². The van der Waals surface area contributed by atoms with E-state index in [1.807, 2.05) is 13.0 Å². The number of aliphatic carboxylic acids is 1. The van der Waals surface area contributed by atoms with Crippen LogP contribution in [0.1, 0.15) is 36.2 Å². The molecule has 0 aliphatic rings. The molecule has 0 aliphatic heterocycles. The number of carbonyl (C=O) groups excluding carboxylic acids is 1. The smallest absolute Gasteiger partial charge is 0.329 e. The first-order valence-corrected chi connectivity index (χ1v) is 6.70. The van der Waals surface area contributed by atoms with Crippen LogP contribution in [0.25, 0.3) is 0 Å². The van der Waals surface area contributed by atoms with Gasteiger partial charge in [-0.2, -0.15) is 0 Å². The van der Waals surface area contributed by atoms with Crippen LogP contribution in [-0.4, -0.2) is 22.5 Å². The van der Waals surface area contributed by atoms with E-state index in [1.54, 1.807) is 19.1 Å². The van der Waals surface area contributed by atoms with Gasteiger partial charge in [0.15, 0.2) is 0 Å². The third kappa shape index (κ3) is 3.01. The normalized spacial score (nSPS) is 13.8. The first kappa shape index (κ1) is 14.9. The molecule has 0 spiro atoms. The van der Waals surface area contributed by atoms with E-state index in [0.29, 0.717) is 12.0 Å². The van der Waals surface area contributed by atoms with Gasteiger partial charge in [0.1, 0.15) is 5.54 Å². The summed E-state index contributed by atoms with van der Waals surface area (Å²) in [5.41, 5.74) is 0.146. The summed E-state index contributed by atoms with van der Waals surface area (Å²) in [6.07, 6.45) is 0.330. The minimum Gasteiger partial charge on any atom is -0.480 e. The van der Waals surface area contributed by atoms with Crippen molar-refractivity contribution in [3.63, 3.8) is 0 Å². The number of halogens is 1. The Morgan fingerprint density at radius 3 is 2.56 bits per heavy atom. The van der Waals surface area contributed by atoms with Gasteiger partial charge in [-0.05, 0) is 60.6 Å². The lowest BCUT2D eigenvalue weighted by Crippen LogP contribution is -2.51. The van der Waals surface area contributed by atoms with E-state index in [0.717, 1.165) is 9.13 Å². The SMILES string of the molecule is CCC(C)(NC(=O)c1cccc(I)c1C)C(=O)O. The third-order valence-electron chi connectivity index (χ3n) is 3.08. The predicted molar refractivity (Wildman–Crippen MR) is 77.7 cm³/mol. The van der Waals surface area contributed by atoms with Gasteiger partial charge in [-0.3, -0.25) is 4.79 Å². The lowest BCUT2D eigenvalue weighted by molar-refractivity contribution is -0.143. The zero-order valence-corrected chi connectivity index (χ0v) is 12.7. The molecule has 1 atom stereocenters. The summed E-state index contributed by atoms with van der Waals surface area (Å²) in [4.78, 5) is 23.3. The number of carbonyl (C=O) groups is 2. The van der Waals surface area contributed by atoms with Gasteiger partial charge in [0.2, 0.25) is 0 Å². The molecule has 0 aromatic heterocycles. The highest BCUT2D eigenvalue weighted by molar-refractivity contribution is 14.1. The van der Waals surface area contributed by atoms with Crippen molar-refractivity contribution in [2.24, 2.45) is 0 Å². The molecule has 0 saturated carbocycles. The van der Waals surface area contributed by atoms with E-state index in [4.69, 9.17) is 5.11 Å². The number of hydrogen-bond acceptors (Lipinski definition) is 2. The van der Waals surface area contributed by atoms with E-state index in [1.165, 1.54) is 6.92 Å². The van der Waals surface area contributed by atoms with Crippen LogP contribution in [0.2, 0.25) is 0 Å². The molecule has 1 unspecified atom stereocenters. The molecular formula is C13H16INO3. The van der Waals surface area contributed by atoms with Gasteiger partial charge in [-0.25, -0.2) is 4.79 Å². The zero-order chi connectivity index (χ0) is 13.9. The van der Waals surface area contributed by atoms with Crippen molar-refractivity contribution in [2.45, 2.75) is 32.7 Å². The fourth-order valence-corrected chi connectivity index (χ4v) is 1.96. The van der Waals surface area contributed by atoms with Crippen LogP contribution in [0.4, 0.5) is 0 Å². The number of benzene rings is 1. The molecule has 1 aromatic carbocycles. The second kappa shape index (κ2) is 5.69. The summed E-state index contributed by atoms with van der Waals surface area (Å²) in [6.45, 7) is 5.09. The van der Waals surface area contributed by atoms with Crippen LogP contribution in [0.15, 0.2) is 18.2 Å². The van der Waals surface area contributed by atoms with Crippen LogP contribution in [0.3, 0.4) is 0 Å². The third-order valence-corrected chi connectivity index (χ3v) is 4.25.